The van der Waals surface area contributed by atoms with E-state index in [4.69, 9.17) is 10.2 Å². The number of hydrogen-bond donors (Lipinski definition) is 2. The Morgan fingerprint density at radius 3 is 2.26 bits per heavy atom. The first-order chi connectivity index (χ1) is 13.2. The van der Waals surface area contributed by atoms with Gasteiger partial charge < -0.3 is 15.5 Å². The molecule has 0 fully saturated rings. The molecule has 3 aromatic rings. The van der Waals surface area contributed by atoms with Crippen LogP contribution < -0.4 is 11.1 Å². The van der Waals surface area contributed by atoms with Crippen LogP contribution in [0.5, 0.6) is 0 Å². The molecule has 0 radical (unpaired) electrons. The monoisotopic (exact) mass is 381 g/mol. The number of thioether (sulfide) groups is 1. The van der Waals surface area contributed by atoms with E-state index in [1.165, 1.54) is 6.26 Å². The lowest BCUT2D eigenvalue weighted by atomic mass is 9.98. The van der Waals surface area contributed by atoms with Crippen molar-refractivity contribution in [1.82, 2.24) is 10.3 Å². The molecule has 0 aliphatic carbocycles. The number of nitrogens with two attached hydrogens (primary N) is 1. The molecule has 1 unspecified atom stereocenters. The van der Waals surface area contributed by atoms with E-state index >= 15 is 0 Å². The van der Waals surface area contributed by atoms with E-state index in [-0.39, 0.29) is 23.7 Å². The van der Waals surface area contributed by atoms with Crippen LogP contribution in [-0.2, 0) is 0 Å². The normalized spacial score (nSPS) is 12.1. The number of aromatic nitrogens is 1. The number of oxazole rings is 1. The molecular weight excluding hydrogens is 358 g/mol. The first-order valence-corrected chi connectivity index (χ1v) is 10.2. The summed E-state index contributed by atoms with van der Waals surface area (Å²) >= 11 is 1.71. The van der Waals surface area contributed by atoms with Crippen molar-refractivity contribution in [1.29, 1.82) is 0 Å². The van der Waals surface area contributed by atoms with E-state index in [2.05, 4.69) is 10.3 Å². The zero-order valence-corrected chi connectivity index (χ0v) is 16.0. The van der Waals surface area contributed by atoms with Gasteiger partial charge in [0.05, 0.1) is 12.1 Å². The summed E-state index contributed by atoms with van der Waals surface area (Å²) in [6.45, 7) is 0. The number of rotatable bonds is 8. The first kappa shape index (κ1) is 19.2. The fourth-order valence-corrected chi connectivity index (χ4v) is 3.28. The largest absolute Gasteiger partial charge is 0.446 e. The molecule has 1 aromatic heterocycles. The van der Waals surface area contributed by atoms with E-state index in [0.717, 1.165) is 23.3 Å². The minimum atomic E-state index is -0.307. The fourth-order valence-electron chi connectivity index (χ4n) is 2.79. The predicted molar refractivity (Wildman–Crippen MR) is 109 cm³/mol. The zero-order valence-electron chi connectivity index (χ0n) is 15.2. The number of nitrogens with zero attached hydrogens (tertiary/aromatic N) is 1. The molecule has 0 aliphatic heterocycles. The Morgan fingerprint density at radius 1 is 1.11 bits per heavy atom. The maximum atomic E-state index is 12.8. The summed E-state index contributed by atoms with van der Waals surface area (Å²) in [4.78, 5) is 17.1. The maximum absolute atomic E-state index is 12.8. The highest BCUT2D eigenvalue weighted by Crippen LogP contribution is 2.23. The van der Waals surface area contributed by atoms with Crippen molar-refractivity contribution in [3.8, 4) is 0 Å². The number of carbonyl (C=O) groups excluding carboxylic acids is 1. The molecule has 0 saturated carbocycles. The van der Waals surface area contributed by atoms with Crippen molar-refractivity contribution in [3.05, 3.63) is 89.6 Å². The van der Waals surface area contributed by atoms with E-state index < -0.39 is 0 Å². The fraction of sp³-hybridized carbons (Fsp3) is 0.238. The number of amides is 1. The third-order valence-electron chi connectivity index (χ3n) is 4.25. The molecule has 0 saturated heterocycles. The van der Waals surface area contributed by atoms with E-state index in [1.54, 1.807) is 11.8 Å². The smallest absolute Gasteiger partial charge is 0.273 e. The Balaban J connectivity index is 1.78. The Morgan fingerprint density at radius 2 is 1.70 bits per heavy atom. The number of nitrogens with one attached hydrogen (secondary N) is 1. The van der Waals surface area contributed by atoms with Gasteiger partial charge in [-0.2, -0.15) is 11.8 Å². The van der Waals surface area contributed by atoms with Crippen molar-refractivity contribution in [2.24, 2.45) is 5.73 Å². The van der Waals surface area contributed by atoms with Gasteiger partial charge in [0.15, 0.2) is 5.69 Å². The van der Waals surface area contributed by atoms with Crippen LogP contribution in [0.3, 0.4) is 0 Å². The standard InChI is InChI=1S/C21H23N3O2S/c1-27-13-12-17(22)21-23-18(14-26-21)20(25)24-19(15-8-4-2-5-9-15)16-10-6-3-7-11-16/h2-11,14,17,19H,12-13,22H2,1H3,(H,24,25). The molecule has 140 valence electrons. The molecule has 1 amide bonds. The van der Waals surface area contributed by atoms with Crippen molar-refractivity contribution >= 4 is 17.7 Å². The number of carbonyl (C=O) groups is 1. The highest BCUT2D eigenvalue weighted by Gasteiger charge is 2.21. The van der Waals surface area contributed by atoms with Gasteiger partial charge in [0.25, 0.3) is 5.91 Å². The summed E-state index contributed by atoms with van der Waals surface area (Å²) in [5.41, 5.74) is 8.31. The molecule has 2 aromatic carbocycles. The quantitative estimate of drug-likeness (QED) is 0.617. The molecule has 0 aliphatic rings. The lowest BCUT2D eigenvalue weighted by Gasteiger charge is -2.19. The molecular formula is C21H23N3O2S. The predicted octanol–water partition coefficient (Wildman–Crippen LogP) is 3.95. The molecule has 1 atom stereocenters. The van der Waals surface area contributed by atoms with Crippen LogP contribution in [0.25, 0.3) is 0 Å². The van der Waals surface area contributed by atoms with Crippen LogP contribution in [0.2, 0.25) is 0 Å². The van der Waals surface area contributed by atoms with Crippen LogP contribution in [-0.4, -0.2) is 22.9 Å². The van der Waals surface area contributed by atoms with Crippen LogP contribution in [0.1, 0.15) is 46.0 Å². The van der Waals surface area contributed by atoms with E-state index in [9.17, 15) is 4.79 Å². The highest BCUT2D eigenvalue weighted by molar-refractivity contribution is 7.98. The van der Waals surface area contributed by atoms with Gasteiger partial charge in [-0.15, -0.1) is 0 Å². The molecule has 0 spiro atoms. The van der Waals surface area contributed by atoms with Gasteiger partial charge in [-0.1, -0.05) is 60.7 Å². The topological polar surface area (TPSA) is 81.1 Å². The molecule has 0 bridgehead atoms. The second-order valence-corrected chi connectivity index (χ2v) is 7.17. The first-order valence-electron chi connectivity index (χ1n) is 8.79. The maximum Gasteiger partial charge on any atom is 0.273 e. The zero-order chi connectivity index (χ0) is 19.1. The molecule has 1 heterocycles. The van der Waals surface area contributed by atoms with Gasteiger partial charge in [0.1, 0.15) is 6.26 Å². The third kappa shape index (κ3) is 4.99. The Labute approximate surface area is 163 Å². The van der Waals surface area contributed by atoms with Crippen LogP contribution in [0.15, 0.2) is 71.3 Å². The van der Waals surface area contributed by atoms with Crippen LogP contribution in [0.4, 0.5) is 0 Å². The van der Waals surface area contributed by atoms with Gasteiger partial charge in [0, 0.05) is 0 Å². The third-order valence-corrected chi connectivity index (χ3v) is 4.89. The second kappa shape index (κ2) is 9.39. The number of benzene rings is 2. The average molecular weight is 382 g/mol. The van der Waals surface area contributed by atoms with Crippen molar-refractivity contribution in [2.45, 2.75) is 18.5 Å². The Bertz CT molecular complexity index is 813. The lowest BCUT2D eigenvalue weighted by molar-refractivity contribution is 0.0938. The summed E-state index contributed by atoms with van der Waals surface area (Å²) in [6.07, 6.45) is 4.14. The van der Waals surface area contributed by atoms with Gasteiger partial charge >= 0.3 is 0 Å². The van der Waals surface area contributed by atoms with Gasteiger partial charge in [-0.3, -0.25) is 4.79 Å². The molecule has 27 heavy (non-hydrogen) atoms. The summed E-state index contributed by atoms with van der Waals surface area (Å²) in [5, 5.41) is 3.05. The van der Waals surface area contributed by atoms with Crippen molar-refractivity contribution in [2.75, 3.05) is 12.0 Å². The molecule has 3 rings (SSSR count). The minimum Gasteiger partial charge on any atom is -0.446 e. The van der Waals surface area contributed by atoms with Gasteiger partial charge in [0.2, 0.25) is 5.89 Å². The van der Waals surface area contributed by atoms with Crippen LogP contribution >= 0.6 is 11.8 Å². The SMILES string of the molecule is CSCCC(N)c1nc(C(=O)NC(c2ccccc2)c2ccccc2)co1. The molecule has 5 nitrogen and oxygen atoms in total. The van der Waals surface area contributed by atoms with Crippen LogP contribution in [0, 0.1) is 0 Å². The highest BCUT2D eigenvalue weighted by atomic mass is 32.2. The van der Waals surface area contributed by atoms with Gasteiger partial charge in [-0.05, 0) is 29.6 Å². The summed E-state index contributed by atoms with van der Waals surface area (Å²) < 4.78 is 5.43. The van der Waals surface area contributed by atoms with E-state index in [1.807, 2.05) is 66.9 Å². The summed E-state index contributed by atoms with van der Waals surface area (Å²) in [7, 11) is 0. The van der Waals surface area contributed by atoms with E-state index in [0.29, 0.717) is 5.89 Å². The van der Waals surface area contributed by atoms with Gasteiger partial charge in [-0.25, -0.2) is 4.98 Å². The minimum absolute atomic E-state index is 0.237. The Kier molecular flexibility index (Phi) is 6.68. The molecule has 6 heteroatoms. The second-order valence-electron chi connectivity index (χ2n) is 6.19. The summed E-state index contributed by atoms with van der Waals surface area (Å²) in [5.74, 6) is 1.01. The number of hydrogen-bond acceptors (Lipinski definition) is 5. The average Bonchev–Trinajstić information content (AvgIpc) is 3.22. The molecule has 3 N–H and O–H groups in total. The lowest BCUT2D eigenvalue weighted by Crippen LogP contribution is -2.29. The van der Waals surface area contributed by atoms with Crippen molar-refractivity contribution < 1.29 is 9.21 Å². The summed E-state index contributed by atoms with van der Waals surface area (Å²) in [6, 6.07) is 19.1. The van der Waals surface area contributed by atoms with Crippen molar-refractivity contribution in [3.63, 3.8) is 0 Å². The Hall–Kier alpha value is -2.57.